The second-order valence-corrected chi connectivity index (χ2v) is 4.67. The quantitative estimate of drug-likeness (QED) is 0.622. The van der Waals surface area contributed by atoms with E-state index in [1.807, 2.05) is 36.2 Å². The lowest BCUT2D eigenvalue weighted by Crippen LogP contribution is -2.20. The largest absolute Gasteiger partial charge is 0.395 e. The third kappa shape index (κ3) is 4.39. The number of aromatic nitrogens is 1. The van der Waals surface area contributed by atoms with Crippen LogP contribution in [0.15, 0.2) is 53.9 Å². The summed E-state index contributed by atoms with van der Waals surface area (Å²) >= 11 is 0. The van der Waals surface area contributed by atoms with Crippen molar-refractivity contribution >= 4 is 17.8 Å². The number of rotatable bonds is 6. The minimum atomic E-state index is -0.280. The number of aliphatic hydroxyl groups excluding tert-OH is 1. The lowest BCUT2D eigenvalue weighted by atomic mass is 10.2. The molecule has 114 valence electrons. The number of anilines is 1. The molecule has 2 rings (SSSR count). The molecule has 0 atom stereocenters. The van der Waals surface area contributed by atoms with E-state index in [0.717, 1.165) is 11.3 Å². The van der Waals surface area contributed by atoms with Crippen molar-refractivity contribution in [3.8, 4) is 0 Å². The summed E-state index contributed by atoms with van der Waals surface area (Å²) in [6.45, 7) is 0.691. The molecule has 0 spiro atoms. The fourth-order valence-corrected chi connectivity index (χ4v) is 1.83. The van der Waals surface area contributed by atoms with Crippen LogP contribution in [-0.2, 0) is 0 Å². The number of amides is 1. The molecule has 0 unspecified atom stereocenters. The molecule has 0 aliphatic rings. The summed E-state index contributed by atoms with van der Waals surface area (Å²) in [5, 5.41) is 12.8. The Morgan fingerprint density at radius 3 is 2.59 bits per heavy atom. The number of likely N-dealkylation sites (N-methyl/N-ethyl adjacent to an activating group) is 1. The molecular weight excluding hydrogens is 280 g/mol. The van der Waals surface area contributed by atoms with Gasteiger partial charge in [0.25, 0.3) is 5.91 Å². The maximum atomic E-state index is 11.8. The van der Waals surface area contributed by atoms with E-state index in [-0.39, 0.29) is 12.5 Å². The van der Waals surface area contributed by atoms with Crippen LogP contribution in [0, 0.1) is 0 Å². The number of carbonyl (C=O) groups excluding carboxylic acids is 1. The van der Waals surface area contributed by atoms with Gasteiger partial charge in [0, 0.05) is 37.2 Å². The highest BCUT2D eigenvalue weighted by Gasteiger charge is 2.02. The van der Waals surface area contributed by atoms with Crippen LogP contribution in [0.2, 0.25) is 0 Å². The Hall–Kier alpha value is -2.73. The van der Waals surface area contributed by atoms with Crippen molar-refractivity contribution in [1.82, 2.24) is 10.4 Å². The molecule has 0 bridgehead atoms. The molecule has 1 aromatic carbocycles. The normalized spacial score (nSPS) is 10.6. The van der Waals surface area contributed by atoms with E-state index in [2.05, 4.69) is 15.5 Å². The summed E-state index contributed by atoms with van der Waals surface area (Å²) in [6.07, 6.45) is 4.69. The second kappa shape index (κ2) is 7.90. The van der Waals surface area contributed by atoms with Gasteiger partial charge in [0.1, 0.15) is 0 Å². The molecule has 0 aliphatic heterocycles. The molecule has 1 amide bonds. The number of nitrogens with one attached hydrogen (secondary N) is 1. The third-order valence-corrected chi connectivity index (χ3v) is 3.09. The molecule has 1 aromatic heterocycles. The smallest absolute Gasteiger partial charge is 0.271 e. The molecule has 0 saturated carbocycles. The van der Waals surface area contributed by atoms with Crippen molar-refractivity contribution < 1.29 is 9.90 Å². The van der Waals surface area contributed by atoms with Crippen LogP contribution in [-0.4, -0.2) is 42.4 Å². The number of hydrogen-bond acceptors (Lipinski definition) is 5. The highest BCUT2D eigenvalue weighted by Crippen LogP contribution is 2.12. The van der Waals surface area contributed by atoms with Crippen LogP contribution in [0.1, 0.15) is 15.9 Å². The monoisotopic (exact) mass is 298 g/mol. The van der Waals surface area contributed by atoms with E-state index >= 15 is 0 Å². The van der Waals surface area contributed by atoms with Crippen LogP contribution < -0.4 is 10.3 Å². The Morgan fingerprint density at radius 1 is 1.27 bits per heavy atom. The van der Waals surface area contributed by atoms with Gasteiger partial charge in [-0.3, -0.25) is 9.78 Å². The summed E-state index contributed by atoms with van der Waals surface area (Å²) in [4.78, 5) is 17.6. The molecule has 6 heteroatoms. The number of pyridine rings is 1. The number of benzene rings is 1. The Balaban J connectivity index is 1.92. The van der Waals surface area contributed by atoms with Crippen molar-refractivity contribution in [3.63, 3.8) is 0 Å². The van der Waals surface area contributed by atoms with Crippen LogP contribution in [0.5, 0.6) is 0 Å². The predicted octanol–water partition coefficient (Wildman–Crippen LogP) is 1.27. The number of hydrazone groups is 1. The standard InChI is InChI=1S/C16H18N4O2/c1-20(10-11-21)15-4-2-13(3-5-15)12-18-19-16(22)14-6-8-17-9-7-14/h2-9,12,21H,10-11H2,1H3,(H,19,22)/b18-12+. The molecule has 22 heavy (non-hydrogen) atoms. The van der Waals surface area contributed by atoms with Gasteiger partial charge in [-0.05, 0) is 29.8 Å². The first-order valence-electron chi connectivity index (χ1n) is 6.86. The van der Waals surface area contributed by atoms with Crippen LogP contribution >= 0.6 is 0 Å². The summed E-state index contributed by atoms with van der Waals surface area (Å²) in [6, 6.07) is 10.9. The zero-order valence-corrected chi connectivity index (χ0v) is 12.3. The summed E-state index contributed by atoms with van der Waals surface area (Å²) in [7, 11) is 1.91. The van der Waals surface area contributed by atoms with Gasteiger partial charge in [0.15, 0.2) is 0 Å². The average molecular weight is 298 g/mol. The van der Waals surface area contributed by atoms with Gasteiger partial charge in [-0.15, -0.1) is 0 Å². The highest BCUT2D eigenvalue weighted by atomic mass is 16.3. The van der Waals surface area contributed by atoms with E-state index in [4.69, 9.17) is 5.11 Å². The Labute approximate surface area is 129 Å². The van der Waals surface area contributed by atoms with E-state index in [1.54, 1.807) is 30.7 Å². The van der Waals surface area contributed by atoms with E-state index in [9.17, 15) is 4.79 Å². The van der Waals surface area contributed by atoms with E-state index in [1.165, 1.54) is 0 Å². The number of aliphatic hydroxyl groups is 1. The lowest BCUT2D eigenvalue weighted by Gasteiger charge is -2.17. The first-order chi connectivity index (χ1) is 10.7. The topological polar surface area (TPSA) is 77.8 Å². The minimum absolute atomic E-state index is 0.112. The summed E-state index contributed by atoms with van der Waals surface area (Å²) < 4.78 is 0. The molecule has 0 aliphatic carbocycles. The van der Waals surface area contributed by atoms with E-state index < -0.39 is 0 Å². The zero-order chi connectivity index (χ0) is 15.8. The fraction of sp³-hybridized carbons (Fsp3) is 0.188. The van der Waals surface area contributed by atoms with Gasteiger partial charge in [-0.2, -0.15) is 5.10 Å². The summed E-state index contributed by atoms with van der Waals surface area (Å²) in [5.74, 6) is -0.280. The molecule has 2 N–H and O–H groups in total. The van der Waals surface area contributed by atoms with Crippen molar-refractivity contribution in [2.45, 2.75) is 0 Å². The zero-order valence-electron chi connectivity index (χ0n) is 12.3. The molecule has 1 heterocycles. The van der Waals surface area contributed by atoms with Gasteiger partial charge >= 0.3 is 0 Å². The van der Waals surface area contributed by atoms with Crippen molar-refractivity contribution in [3.05, 3.63) is 59.9 Å². The Kier molecular flexibility index (Phi) is 5.62. The number of nitrogens with zero attached hydrogens (tertiary/aromatic N) is 3. The maximum Gasteiger partial charge on any atom is 0.271 e. The van der Waals surface area contributed by atoms with Gasteiger partial charge in [-0.1, -0.05) is 12.1 Å². The Bertz CT molecular complexity index is 626. The molecule has 0 radical (unpaired) electrons. The van der Waals surface area contributed by atoms with Crippen LogP contribution in [0.4, 0.5) is 5.69 Å². The molecule has 0 fully saturated rings. The Morgan fingerprint density at radius 2 is 1.95 bits per heavy atom. The van der Waals surface area contributed by atoms with Gasteiger partial charge in [-0.25, -0.2) is 5.43 Å². The first-order valence-corrected chi connectivity index (χ1v) is 6.86. The molecule has 2 aromatic rings. The fourth-order valence-electron chi connectivity index (χ4n) is 1.83. The van der Waals surface area contributed by atoms with Gasteiger partial charge in [0.2, 0.25) is 0 Å². The average Bonchev–Trinajstić information content (AvgIpc) is 2.56. The van der Waals surface area contributed by atoms with Gasteiger partial charge < -0.3 is 10.0 Å². The first kappa shape index (κ1) is 15.7. The minimum Gasteiger partial charge on any atom is -0.395 e. The van der Waals surface area contributed by atoms with Crippen LogP contribution in [0.3, 0.4) is 0 Å². The SMILES string of the molecule is CN(CCO)c1ccc(/C=N/NC(=O)c2ccncc2)cc1. The van der Waals surface area contributed by atoms with E-state index in [0.29, 0.717) is 12.1 Å². The highest BCUT2D eigenvalue weighted by molar-refractivity contribution is 5.94. The van der Waals surface area contributed by atoms with Crippen molar-refractivity contribution in [2.75, 3.05) is 25.1 Å². The summed E-state index contributed by atoms with van der Waals surface area (Å²) in [5.41, 5.74) is 4.85. The van der Waals surface area contributed by atoms with Crippen LogP contribution in [0.25, 0.3) is 0 Å². The number of carbonyl (C=O) groups is 1. The third-order valence-electron chi connectivity index (χ3n) is 3.09. The van der Waals surface area contributed by atoms with Crippen molar-refractivity contribution in [1.29, 1.82) is 0 Å². The molecular formula is C16H18N4O2. The second-order valence-electron chi connectivity index (χ2n) is 4.67. The van der Waals surface area contributed by atoms with Gasteiger partial charge in [0.05, 0.1) is 12.8 Å². The molecule has 0 saturated heterocycles. The number of hydrogen-bond donors (Lipinski definition) is 2. The predicted molar refractivity (Wildman–Crippen MR) is 86.1 cm³/mol. The van der Waals surface area contributed by atoms with Crippen molar-refractivity contribution in [2.24, 2.45) is 5.10 Å². The lowest BCUT2D eigenvalue weighted by molar-refractivity contribution is 0.0955. The molecule has 6 nitrogen and oxygen atoms in total. The maximum absolute atomic E-state index is 11.8.